The summed E-state index contributed by atoms with van der Waals surface area (Å²) in [5, 5.41) is 12.9. The second kappa shape index (κ2) is 7.29. The Hall–Kier alpha value is -1.55. The molecule has 4 N–H and O–H groups in total. The van der Waals surface area contributed by atoms with Crippen LogP contribution >= 0.6 is 0 Å². The average Bonchev–Trinajstić information content (AvgIpc) is 2.32. The van der Waals surface area contributed by atoms with Crippen LogP contribution in [0.3, 0.4) is 0 Å². The van der Waals surface area contributed by atoms with E-state index in [4.69, 9.17) is 5.73 Å². The quantitative estimate of drug-likeness (QED) is 0.669. The van der Waals surface area contributed by atoms with Crippen molar-refractivity contribution in [3.05, 3.63) is 29.8 Å². The van der Waals surface area contributed by atoms with Crippen LogP contribution in [0.5, 0.6) is 0 Å². The van der Waals surface area contributed by atoms with Crippen LogP contribution < -0.4 is 11.1 Å². The third-order valence-corrected chi connectivity index (χ3v) is 3.11. The fraction of sp³-hybridized carbons (Fsp3) is 0.562. The summed E-state index contributed by atoms with van der Waals surface area (Å²) < 4.78 is 0. The van der Waals surface area contributed by atoms with E-state index in [1.54, 1.807) is 6.92 Å². The van der Waals surface area contributed by atoms with E-state index in [0.717, 1.165) is 5.56 Å². The van der Waals surface area contributed by atoms with Crippen LogP contribution in [0, 0.1) is 5.92 Å². The first-order chi connectivity index (χ1) is 9.28. The van der Waals surface area contributed by atoms with Crippen molar-refractivity contribution in [3.63, 3.8) is 0 Å². The van der Waals surface area contributed by atoms with Gasteiger partial charge in [-0.05, 0) is 43.4 Å². The zero-order chi connectivity index (χ0) is 15.2. The summed E-state index contributed by atoms with van der Waals surface area (Å²) in [6.07, 6.45) is 1.73. The minimum absolute atomic E-state index is 0.0449. The molecule has 0 fully saturated rings. The summed E-state index contributed by atoms with van der Waals surface area (Å²) in [5.74, 6) is 0.352. The van der Waals surface area contributed by atoms with Crippen molar-refractivity contribution in [2.75, 3.05) is 12.3 Å². The molecule has 0 spiro atoms. The number of rotatable bonds is 7. The van der Waals surface area contributed by atoms with Crippen molar-refractivity contribution in [1.82, 2.24) is 5.32 Å². The molecule has 112 valence electrons. The maximum Gasteiger partial charge on any atom is 0.220 e. The lowest BCUT2D eigenvalue weighted by Crippen LogP contribution is -2.41. The molecule has 1 aromatic carbocycles. The molecule has 0 aromatic heterocycles. The summed E-state index contributed by atoms with van der Waals surface area (Å²) in [4.78, 5) is 11.8. The third-order valence-electron chi connectivity index (χ3n) is 3.11. The van der Waals surface area contributed by atoms with E-state index in [-0.39, 0.29) is 5.91 Å². The van der Waals surface area contributed by atoms with Gasteiger partial charge >= 0.3 is 0 Å². The standard InChI is InChI=1S/C16H26N2O2/c1-12(2)10-16(3,20)11-18-15(19)8-7-13-5-4-6-14(17)9-13/h4-6,9,12,20H,7-8,10-11,17H2,1-3H3,(H,18,19). The molecule has 0 saturated carbocycles. The Morgan fingerprint density at radius 3 is 2.75 bits per heavy atom. The summed E-state index contributed by atoms with van der Waals surface area (Å²) in [5.41, 5.74) is 6.61. The molecule has 0 heterocycles. The molecule has 0 aliphatic rings. The molecule has 1 aromatic rings. The molecule has 4 heteroatoms. The van der Waals surface area contributed by atoms with Crippen LogP contribution in [-0.2, 0) is 11.2 Å². The Morgan fingerprint density at radius 2 is 2.15 bits per heavy atom. The molecule has 1 rings (SSSR count). The SMILES string of the molecule is CC(C)CC(C)(O)CNC(=O)CCc1cccc(N)c1. The molecule has 1 unspecified atom stereocenters. The lowest BCUT2D eigenvalue weighted by Gasteiger charge is -2.25. The summed E-state index contributed by atoms with van der Waals surface area (Å²) in [6, 6.07) is 7.55. The zero-order valence-electron chi connectivity index (χ0n) is 12.6. The number of nitrogens with two attached hydrogens (primary N) is 1. The highest BCUT2D eigenvalue weighted by molar-refractivity contribution is 5.76. The molecule has 0 aliphatic carbocycles. The average molecular weight is 278 g/mol. The number of aliphatic hydroxyl groups is 1. The molecule has 1 amide bonds. The van der Waals surface area contributed by atoms with Gasteiger partial charge in [0.1, 0.15) is 0 Å². The number of nitrogen functional groups attached to an aromatic ring is 1. The molecule has 0 aliphatic heterocycles. The molecule has 4 nitrogen and oxygen atoms in total. The molecule has 0 radical (unpaired) electrons. The normalized spacial score (nSPS) is 14.1. The van der Waals surface area contributed by atoms with Crippen LogP contribution in [0.25, 0.3) is 0 Å². The number of carbonyl (C=O) groups is 1. The second-order valence-electron chi connectivity index (χ2n) is 6.12. The predicted molar refractivity (Wildman–Crippen MR) is 82.3 cm³/mol. The van der Waals surface area contributed by atoms with Crippen molar-refractivity contribution in [3.8, 4) is 0 Å². The number of amides is 1. The highest BCUT2D eigenvalue weighted by Gasteiger charge is 2.22. The number of aryl methyl sites for hydroxylation is 1. The van der Waals surface area contributed by atoms with Gasteiger partial charge in [-0.3, -0.25) is 4.79 Å². The Kier molecular flexibility index (Phi) is 6.02. The Bertz CT molecular complexity index is 442. The minimum Gasteiger partial charge on any atom is -0.399 e. The number of carbonyl (C=O) groups excluding carboxylic acids is 1. The third kappa shape index (κ3) is 6.57. The Labute approximate surface area is 121 Å². The van der Waals surface area contributed by atoms with Gasteiger partial charge in [-0.2, -0.15) is 0 Å². The fourth-order valence-corrected chi connectivity index (χ4v) is 2.34. The van der Waals surface area contributed by atoms with Gasteiger partial charge in [-0.25, -0.2) is 0 Å². The van der Waals surface area contributed by atoms with Gasteiger partial charge in [0.05, 0.1) is 5.60 Å². The van der Waals surface area contributed by atoms with Gasteiger partial charge < -0.3 is 16.2 Å². The van der Waals surface area contributed by atoms with E-state index in [1.165, 1.54) is 0 Å². The van der Waals surface area contributed by atoms with Crippen LogP contribution in [-0.4, -0.2) is 23.2 Å². The van der Waals surface area contributed by atoms with Gasteiger partial charge in [0.2, 0.25) is 5.91 Å². The molecule has 20 heavy (non-hydrogen) atoms. The summed E-state index contributed by atoms with van der Waals surface area (Å²) in [6.45, 7) is 6.15. The van der Waals surface area contributed by atoms with Gasteiger partial charge in [0, 0.05) is 18.7 Å². The Balaban J connectivity index is 2.34. The smallest absolute Gasteiger partial charge is 0.220 e. The van der Waals surface area contributed by atoms with Crippen molar-refractivity contribution in [2.45, 2.75) is 45.6 Å². The fourth-order valence-electron chi connectivity index (χ4n) is 2.34. The number of benzene rings is 1. The summed E-state index contributed by atoms with van der Waals surface area (Å²) in [7, 11) is 0. The van der Waals surface area contributed by atoms with Gasteiger partial charge in [-0.15, -0.1) is 0 Å². The van der Waals surface area contributed by atoms with Gasteiger partial charge in [-0.1, -0.05) is 26.0 Å². The number of anilines is 1. The molecule has 0 saturated heterocycles. The van der Waals surface area contributed by atoms with Crippen molar-refractivity contribution < 1.29 is 9.90 Å². The topological polar surface area (TPSA) is 75.3 Å². The monoisotopic (exact) mass is 278 g/mol. The number of hydrogen-bond acceptors (Lipinski definition) is 3. The van der Waals surface area contributed by atoms with E-state index in [2.05, 4.69) is 19.2 Å². The van der Waals surface area contributed by atoms with Crippen molar-refractivity contribution >= 4 is 11.6 Å². The van der Waals surface area contributed by atoms with E-state index < -0.39 is 5.60 Å². The van der Waals surface area contributed by atoms with E-state index >= 15 is 0 Å². The maximum atomic E-state index is 11.8. The van der Waals surface area contributed by atoms with Crippen LogP contribution in [0.2, 0.25) is 0 Å². The highest BCUT2D eigenvalue weighted by Crippen LogP contribution is 2.15. The first-order valence-electron chi connectivity index (χ1n) is 7.12. The van der Waals surface area contributed by atoms with Crippen LogP contribution in [0.15, 0.2) is 24.3 Å². The second-order valence-corrected chi connectivity index (χ2v) is 6.12. The number of hydrogen-bond donors (Lipinski definition) is 3. The molecule has 1 atom stereocenters. The lowest BCUT2D eigenvalue weighted by molar-refractivity contribution is -0.122. The molecule has 0 bridgehead atoms. The first-order valence-corrected chi connectivity index (χ1v) is 7.12. The molecular weight excluding hydrogens is 252 g/mol. The largest absolute Gasteiger partial charge is 0.399 e. The molecular formula is C16H26N2O2. The van der Waals surface area contributed by atoms with E-state index in [1.807, 2.05) is 24.3 Å². The van der Waals surface area contributed by atoms with Gasteiger partial charge in [0.25, 0.3) is 0 Å². The highest BCUT2D eigenvalue weighted by atomic mass is 16.3. The summed E-state index contributed by atoms with van der Waals surface area (Å²) >= 11 is 0. The van der Waals surface area contributed by atoms with Crippen LogP contribution in [0.4, 0.5) is 5.69 Å². The van der Waals surface area contributed by atoms with Crippen LogP contribution in [0.1, 0.15) is 39.2 Å². The number of nitrogens with one attached hydrogen (secondary N) is 1. The minimum atomic E-state index is -0.846. The predicted octanol–water partition coefficient (Wildman–Crippen LogP) is 2.11. The van der Waals surface area contributed by atoms with Crippen molar-refractivity contribution in [1.29, 1.82) is 0 Å². The Morgan fingerprint density at radius 1 is 1.45 bits per heavy atom. The van der Waals surface area contributed by atoms with Crippen molar-refractivity contribution in [2.24, 2.45) is 5.92 Å². The van der Waals surface area contributed by atoms with E-state index in [9.17, 15) is 9.90 Å². The first kappa shape index (κ1) is 16.5. The van der Waals surface area contributed by atoms with Gasteiger partial charge in [0.15, 0.2) is 0 Å². The zero-order valence-corrected chi connectivity index (χ0v) is 12.6. The van der Waals surface area contributed by atoms with E-state index in [0.29, 0.717) is 37.4 Å². The maximum absolute atomic E-state index is 11.8. The lowest BCUT2D eigenvalue weighted by atomic mass is 9.94.